The number of carbonyl (C=O) groups excluding carboxylic acids is 1. The lowest BCUT2D eigenvalue weighted by atomic mass is 10.9. The maximum Gasteiger partial charge on any atom is 0.466 e. The maximum atomic E-state index is 9.00. The number of quaternary nitrogens is 1. The number of anilines is 3. The largest absolute Gasteiger partial charge is 0.565 e. The maximum absolute atomic E-state index is 9.00. The van der Waals surface area contributed by atoms with E-state index in [1.807, 2.05) is 0 Å². The van der Waals surface area contributed by atoms with Crippen molar-refractivity contribution in [1.29, 1.82) is 0 Å². The summed E-state index contributed by atoms with van der Waals surface area (Å²) in [6.07, 6.45) is -2.08. The third-order valence-corrected chi connectivity index (χ3v) is 0.687. The number of rotatable bonds is 0. The number of urea groups is 1. The first-order valence-corrected chi connectivity index (χ1v) is 5.97. The Labute approximate surface area is 128 Å². The summed E-state index contributed by atoms with van der Waals surface area (Å²) in [5.41, 5.74) is 23.9. The van der Waals surface area contributed by atoms with E-state index in [1.54, 1.807) is 0 Å². The molecule has 0 aliphatic carbocycles. The average Bonchev–Trinajstić information content (AvgIpc) is 2.08. The fraction of sp³-hybridized carbons (Fsp3) is 0. The third kappa shape index (κ3) is 67.7. The van der Waals surface area contributed by atoms with Crippen molar-refractivity contribution in [3.05, 3.63) is 0 Å². The molecule has 0 unspecified atom stereocenters. The van der Waals surface area contributed by atoms with Gasteiger partial charge in [-0.2, -0.15) is 15.0 Å². The first-order valence-electron chi connectivity index (χ1n) is 4.40. The molecule has 18 N–H and O–H groups in total. The third-order valence-electron chi connectivity index (χ3n) is 0.687. The predicted molar refractivity (Wildman–Crippen MR) is 75.1 cm³/mol. The van der Waals surface area contributed by atoms with Crippen molar-refractivity contribution in [2.45, 2.75) is 0 Å². The zero-order chi connectivity index (χ0) is 18.5. The minimum atomic E-state index is -4.64. The summed E-state index contributed by atoms with van der Waals surface area (Å²) >= 11 is 0. The molecule has 0 aliphatic rings. The smallest absolute Gasteiger partial charge is 0.466 e. The standard InChI is InChI=1S/C3H6N6.CH4N2O.CH2O3.H3N.H3O4P/c4-1-7-2(5)9-3(6)8-1;2*2-1(3)4;;1-5(2,3)4/h(H6,4,5,6,7,8,9);(H4,2,3,4);(H2,2,3,4);1H3;(H3,1,2,3,4). The van der Waals surface area contributed by atoms with Crippen molar-refractivity contribution < 1.29 is 39.0 Å². The lowest BCUT2D eigenvalue weighted by molar-refractivity contribution is -0.275. The Bertz CT molecular complexity index is 442. The number of hydrogen-bond acceptors (Lipinski definition) is 10. The molecule has 0 radical (unpaired) electrons. The molecule has 0 bridgehead atoms. The molecule has 0 fully saturated rings. The molecule has 1 heterocycles. The zero-order valence-electron chi connectivity index (χ0n) is 11.6. The molecular formula is C5H18N9O8P. The second-order valence-corrected chi connectivity index (χ2v) is 3.62. The summed E-state index contributed by atoms with van der Waals surface area (Å²) < 4.78 is 8.88. The zero-order valence-corrected chi connectivity index (χ0v) is 12.5. The topological polar surface area (TPSA) is 360 Å². The van der Waals surface area contributed by atoms with Crippen LogP contribution in [0, 0.1) is 0 Å². The van der Waals surface area contributed by atoms with Crippen LogP contribution in [0.5, 0.6) is 0 Å². The van der Waals surface area contributed by atoms with Crippen LogP contribution in [0.1, 0.15) is 0 Å². The fourth-order valence-corrected chi connectivity index (χ4v) is 0.427. The molecule has 0 spiro atoms. The number of hydrogen-bond donors (Lipinski definition) is 10. The van der Waals surface area contributed by atoms with Gasteiger partial charge in [0.05, 0.1) is 0 Å². The predicted octanol–water partition coefficient (Wildman–Crippen LogP) is -4.02. The van der Waals surface area contributed by atoms with Gasteiger partial charge in [-0.1, -0.05) is 0 Å². The van der Waals surface area contributed by atoms with Crippen molar-refractivity contribution in [2.75, 3.05) is 17.2 Å². The summed E-state index contributed by atoms with van der Waals surface area (Å²) in [4.78, 5) is 49.5. The van der Waals surface area contributed by atoms with Crippen molar-refractivity contribution in [2.24, 2.45) is 11.5 Å². The van der Waals surface area contributed by atoms with Crippen LogP contribution in [0.4, 0.5) is 27.4 Å². The van der Waals surface area contributed by atoms with Gasteiger partial charge in [-0.3, -0.25) is 0 Å². The average molecular weight is 363 g/mol. The number of nitrogens with two attached hydrogens (primary N) is 5. The Morgan fingerprint density at radius 1 is 0.913 bits per heavy atom. The molecule has 17 nitrogen and oxygen atoms in total. The van der Waals surface area contributed by atoms with E-state index in [0.29, 0.717) is 0 Å². The minimum absolute atomic E-state index is 0. The van der Waals surface area contributed by atoms with Crippen LogP contribution >= 0.6 is 7.82 Å². The lowest BCUT2D eigenvalue weighted by Crippen LogP contribution is -2.18. The SMILES string of the molecule is NC(N)=O.Nc1nc(N)nc(N)n1.O=C([O-])O.O=P(O)(O)O.[NH4+]. The van der Waals surface area contributed by atoms with E-state index in [2.05, 4.69) is 26.4 Å². The molecule has 0 atom stereocenters. The fourth-order valence-electron chi connectivity index (χ4n) is 0.427. The quantitative estimate of drug-likeness (QED) is 0.196. The van der Waals surface area contributed by atoms with Gasteiger partial charge in [0.25, 0.3) is 0 Å². The van der Waals surface area contributed by atoms with Gasteiger partial charge < -0.3 is 64.5 Å². The number of phosphoric acid groups is 1. The molecule has 1 rings (SSSR count). The monoisotopic (exact) mass is 363 g/mol. The highest BCUT2D eigenvalue weighted by molar-refractivity contribution is 7.45. The molecule has 0 saturated carbocycles. The Hall–Kier alpha value is -2.98. The van der Waals surface area contributed by atoms with Gasteiger partial charge in [0.1, 0.15) is 0 Å². The number of primary amides is 2. The van der Waals surface area contributed by atoms with E-state index in [0.717, 1.165) is 0 Å². The Morgan fingerprint density at radius 3 is 1.09 bits per heavy atom. The van der Waals surface area contributed by atoms with Gasteiger partial charge in [0, 0.05) is 0 Å². The molecule has 0 aliphatic heterocycles. The Balaban J connectivity index is -0.000000112. The first kappa shape index (κ1) is 28.2. The van der Waals surface area contributed by atoms with Crippen LogP contribution in [0.25, 0.3) is 0 Å². The lowest BCUT2D eigenvalue weighted by Gasteiger charge is -1.93. The highest BCUT2D eigenvalue weighted by atomic mass is 31.2. The number of carbonyl (C=O) groups is 2. The normalized spacial score (nSPS) is 8.30. The Kier molecular flexibility index (Phi) is 17.2. The summed E-state index contributed by atoms with van der Waals surface area (Å²) in [6, 6.07) is -0.833. The van der Waals surface area contributed by atoms with E-state index in [4.69, 9.17) is 56.2 Å². The number of amides is 2. The van der Waals surface area contributed by atoms with Gasteiger partial charge in [0.15, 0.2) is 0 Å². The van der Waals surface area contributed by atoms with E-state index in [9.17, 15) is 0 Å². The number of nitrogen functional groups attached to an aromatic ring is 3. The summed E-state index contributed by atoms with van der Waals surface area (Å²) in [7, 11) is -4.64. The van der Waals surface area contributed by atoms with Crippen LogP contribution in [-0.2, 0) is 4.57 Å². The van der Waals surface area contributed by atoms with Gasteiger partial charge in [-0.15, -0.1) is 0 Å². The van der Waals surface area contributed by atoms with Crippen molar-refractivity contribution in [3.63, 3.8) is 0 Å². The van der Waals surface area contributed by atoms with E-state index < -0.39 is 20.0 Å². The molecule has 2 amide bonds. The molecule has 23 heavy (non-hydrogen) atoms. The molecule has 136 valence electrons. The highest BCUT2D eigenvalue weighted by Crippen LogP contribution is 2.25. The van der Waals surface area contributed by atoms with Gasteiger partial charge in [0.2, 0.25) is 24.0 Å². The van der Waals surface area contributed by atoms with Crippen LogP contribution in [0.2, 0.25) is 0 Å². The van der Waals surface area contributed by atoms with E-state index in [-0.39, 0.29) is 24.0 Å². The van der Waals surface area contributed by atoms with Crippen molar-refractivity contribution in [3.8, 4) is 0 Å². The van der Waals surface area contributed by atoms with Gasteiger partial charge in [-0.25, -0.2) is 9.36 Å². The highest BCUT2D eigenvalue weighted by Gasteiger charge is 2.00. The molecule has 0 saturated heterocycles. The second kappa shape index (κ2) is 14.0. The second-order valence-electron chi connectivity index (χ2n) is 2.59. The van der Waals surface area contributed by atoms with Gasteiger partial charge >= 0.3 is 13.9 Å². The molecule has 1 aromatic rings. The van der Waals surface area contributed by atoms with Crippen LogP contribution in [0.15, 0.2) is 0 Å². The summed E-state index contributed by atoms with van der Waals surface area (Å²) in [5.74, 6) is 0.125. The summed E-state index contributed by atoms with van der Waals surface area (Å²) in [6.45, 7) is 0. The van der Waals surface area contributed by atoms with Crippen LogP contribution in [0.3, 0.4) is 0 Å². The Morgan fingerprint density at radius 2 is 1.00 bits per heavy atom. The minimum Gasteiger partial charge on any atom is -0.565 e. The number of aromatic nitrogens is 3. The number of carboxylic acid groups (broad SMARTS) is 2. The van der Waals surface area contributed by atoms with E-state index >= 15 is 0 Å². The molecule has 18 heteroatoms. The molecular weight excluding hydrogens is 345 g/mol. The van der Waals surface area contributed by atoms with Gasteiger partial charge in [-0.05, 0) is 0 Å². The first-order chi connectivity index (χ1) is 9.65. The van der Waals surface area contributed by atoms with Crippen molar-refractivity contribution >= 4 is 37.9 Å². The number of nitrogens with zero attached hydrogens (tertiary/aromatic N) is 3. The van der Waals surface area contributed by atoms with Crippen LogP contribution < -0.4 is 39.9 Å². The van der Waals surface area contributed by atoms with Crippen molar-refractivity contribution in [1.82, 2.24) is 21.1 Å². The summed E-state index contributed by atoms with van der Waals surface area (Å²) in [5, 5.41) is 15.3. The van der Waals surface area contributed by atoms with E-state index in [1.165, 1.54) is 0 Å². The molecule has 0 aromatic carbocycles. The molecule has 1 aromatic heterocycles. The van der Waals surface area contributed by atoms with Crippen LogP contribution in [-0.4, -0.2) is 46.9 Å².